The molecule has 1 aromatic heterocycles. The molecular weight excluding hydrogens is 190 g/mol. The van der Waals surface area contributed by atoms with Gasteiger partial charge in [-0.25, -0.2) is 9.59 Å². The van der Waals surface area contributed by atoms with E-state index in [2.05, 4.69) is 9.72 Å². The summed E-state index contributed by atoms with van der Waals surface area (Å²) in [6.07, 6.45) is 0.998. The summed E-state index contributed by atoms with van der Waals surface area (Å²) in [6.45, 7) is 1.65. The molecular formula is C7H9N3O4. The molecule has 0 bridgehead atoms. The van der Waals surface area contributed by atoms with E-state index in [0.29, 0.717) is 0 Å². The lowest BCUT2D eigenvalue weighted by atomic mass is 10.6. The molecule has 7 heteroatoms. The molecule has 0 saturated heterocycles. The second kappa shape index (κ2) is 4.35. The second-order valence-corrected chi connectivity index (χ2v) is 2.41. The Kier molecular flexibility index (Phi) is 3.16. The van der Waals surface area contributed by atoms with Gasteiger partial charge in [-0.1, -0.05) is 0 Å². The van der Waals surface area contributed by atoms with Gasteiger partial charge in [-0.15, -0.1) is 0 Å². The van der Waals surface area contributed by atoms with Crippen LogP contribution in [0.4, 0.5) is 0 Å². The number of hydrogen-bond acceptors (Lipinski definition) is 5. The SMILES string of the molecule is CCOC(=O)Cn1cnc(=O)[nH]c1=O. The Morgan fingerprint density at radius 2 is 2.36 bits per heavy atom. The van der Waals surface area contributed by atoms with Crippen molar-refractivity contribution >= 4 is 5.97 Å². The van der Waals surface area contributed by atoms with Crippen LogP contribution in [0.15, 0.2) is 15.9 Å². The molecule has 0 aliphatic carbocycles. The predicted molar refractivity (Wildman–Crippen MR) is 45.8 cm³/mol. The van der Waals surface area contributed by atoms with E-state index in [1.54, 1.807) is 6.92 Å². The minimum atomic E-state index is -0.741. The first-order chi connectivity index (χ1) is 6.63. The van der Waals surface area contributed by atoms with E-state index >= 15 is 0 Å². The zero-order valence-electron chi connectivity index (χ0n) is 7.52. The van der Waals surface area contributed by atoms with Crippen molar-refractivity contribution in [3.8, 4) is 0 Å². The van der Waals surface area contributed by atoms with Gasteiger partial charge in [0.1, 0.15) is 12.9 Å². The first-order valence-corrected chi connectivity index (χ1v) is 3.95. The highest BCUT2D eigenvalue weighted by Gasteiger charge is 2.04. The summed E-state index contributed by atoms with van der Waals surface area (Å²) in [5, 5.41) is 0. The third kappa shape index (κ3) is 2.54. The third-order valence-electron chi connectivity index (χ3n) is 1.39. The summed E-state index contributed by atoms with van der Waals surface area (Å²) in [4.78, 5) is 37.8. The van der Waals surface area contributed by atoms with Gasteiger partial charge in [-0.3, -0.25) is 14.3 Å². The van der Waals surface area contributed by atoms with E-state index in [4.69, 9.17) is 0 Å². The number of H-pyrrole nitrogens is 1. The highest BCUT2D eigenvalue weighted by molar-refractivity contribution is 5.68. The maximum atomic E-state index is 11.0. The first-order valence-electron chi connectivity index (χ1n) is 3.95. The van der Waals surface area contributed by atoms with Gasteiger partial charge in [-0.2, -0.15) is 4.98 Å². The molecule has 0 atom stereocenters. The number of hydrogen-bond donors (Lipinski definition) is 1. The number of esters is 1. The summed E-state index contributed by atoms with van der Waals surface area (Å²) in [7, 11) is 0. The van der Waals surface area contributed by atoms with E-state index in [-0.39, 0.29) is 13.2 Å². The van der Waals surface area contributed by atoms with Crippen LogP contribution < -0.4 is 11.4 Å². The highest BCUT2D eigenvalue weighted by atomic mass is 16.5. The van der Waals surface area contributed by atoms with E-state index in [0.717, 1.165) is 10.9 Å². The summed E-state index contributed by atoms with van der Waals surface area (Å²) in [5.74, 6) is -0.552. The second-order valence-electron chi connectivity index (χ2n) is 2.41. The van der Waals surface area contributed by atoms with Crippen molar-refractivity contribution in [2.24, 2.45) is 0 Å². The van der Waals surface area contributed by atoms with Gasteiger partial charge in [0.05, 0.1) is 6.61 Å². The summed E-state index contributed by atoms with van der Waals surface area (Å²) < 4.78 is 5.57. The molecule has 76 valence electrons. The van der Waals surface area contributed by atoms with Crippen molar-refractivity contribution in [2.75, 3.05) is 6.61 Å². The highest BCUT2D eigenvalue weighted by Crippen LogP contribution is 1.81. The van der Waals surface area contributed by atoms with E-state index in [1.165, 1.54) is 0 Å². The van der Waals surface area contributed by atoms with Gasteiger partial charge in [0.25, 0.3) is 0 Å². The smallest absolute Gasteiger partial charge is 0.350 e. The Hall–Kier alpha value is -1.92. The van der Waals surface area contributed by atoms with Gasteiger partial charge in [0, 0.05) is 0 Å². The number of carbonyl (C=O) groups excluding carboxylic acids is 1. The lowest BCUT2D eigenvalue weighted by Crippen LogP contribution is -2.33. The van der Waals surface area contributed by atoms with E-state index in [1.807, 2.05) is 4.98 Å². The molecule has 1 heterocycles. The molecule has 0 unspecified atom stereocenters. The fourth-order valence-corrected chi connectivity index (χ4v) is 0.828. The van der Waals surface area contributed by atoms with Crippen LogP contribution in [0.25, 0.3) is 0 Å². The molecule has 0 radical (unpaired) electrons. The molecule has 1 rings (SSSR count). The van der Waals surface area contributed by atoms with Crippen LogP contribution in [0, 0.1) is 0 Å². The molecule has 1 N–H and O–H groups in total. The zero-order chi connectivity index (χ0) is 10.6. The molecule has 0 saturated carbocycles. The monoisotopic (exact) mass is 199 g/mol. The lowest BCUT2D eigenvalue weighted by molar-refractivity contribution is -0.143. The number of carbonyl (C=O) groups is 1. The molecule has 14 heavy (non-hydrogen) atoms. The average Bonchev–Trinajstić information content (AvgIpc) is 2.10. The Labute approximate surface area is 78.4 Å². The van der Waals surface area contributed by atoms with Crippen molar-refractivity contribution in [3.05, 3.63) is 27.3 Å². The molecule has 7 nitrogen and oxygen atoms in total. The van der Waals surface area contributed by atoms with Crippen LogP contribution in [0.1, 0.15) is 6.92 Å². The summed E-state index contributed by atoms with van der Waals surface area (Å²) in [5.41, 5.74) is -1.42. The predicted octanol–water partition coefficient (Wildman–Crippen LogP) is -1.51. The van der Waals surface area contributed by atoms with Crippen LogP contribution >= 0.6 is 0 Å². The average molecular weight is 199 g/mol. The van der Waals surface area contributed by atoms with Crippen molar-refractivity contribution in [1.82, 2.24) is 14.5 Å². The maximum absolute atomic E-state index is 11.0. The van der Waals surface area contributed by atoms with Crippen LogP contribution in [0.5, 0.6) is 0 Å². The van der Waals surface area contributed by atoms with Crippen molar-refractivity contribution in [1.29, 1.82) is 0 Å². The fraction of sp³-hybridized carbons (Fsp3) is 0.429. The Balaban J connectivity index is 2.82. The lowest BCUT2D eigenvalue weighted by Gasteiger charge is -2.02. The quantitative estimate of drug-likeness (QED) is 0.597. The van der Waals surface area contributed by atoms with E-state index in [9.17, 15) is 14.4 Å². The number of ether oxygens (including phenoxy) is 1. The molecule has 0 spiro atoms. The number of nitrogens with one attached hydrogen (secondary N) is 1. The third-order valence-corrected chi connectivity index (χ3v) is 1.39. The first kappa shape index (κ1) is 10.2. The van der Waals surface area contributed by atoms with Gasteiger partial charge >= 0.3 is 17.3 Å². The number of aromatic amines is 1. The molecule has 0 aromatic carbocycles. The Morgan fingerprint density at radius 1 is 1.64 bits per heavy atom. The molecule has 0 aliphatic heterocycles. The van der Waals surface area contributed by atoms with Gasteiger partial charge in [0.2, 0.25) is 0 Å². The Morgan fingerprint density at radius 3 is 2.93 bits per heavy atom. The van der Waals surface area contributed by atoms with Gasteiger partial charge in [-0.05, 0) is 6.92 Å². The summed E-state index contributed by atoms with van der Waals surface area (Å²) >= 11 is 0. The van der Waals surface area contributed by atoms with Crippen LogP contribution in [0.3, 0.4) is 0 Å². The Bertz CT molecular complexity index is 433. The largest absolute Gasteiger partial charge is 0.465 e. The van der Waals surface area contributed by atoms with Crippen molar-refractivity contribution < 1.29 is 9.53 Å². The molecule has 0 fully saturated rings. The van der Waals surface area contributed by atoms with Gasteiger partial charge < -0.3 is 4.74 Å². The normalized spacial score (nSPS) is 9.79. The number of rotatable bonds is 3. The van der Waals surface area contributed by atoms with Crippen LogP contribution in [-0.2, 0) is 16.1 Å². The minimum absolute atomic E-state index is 0.240. The number of nitrogens with zero attached hydrogens (tertiary/aromatic N) is 2. The van der Waals surface area contributed by atoms with Crippen LogP contribution in [-0.4, -0.2) is 27.1 Å². The topological polar surface area (TPSA) is 94.1 Å². The van der Waals surface area contributed by atoms with E-state index < -0.39 is 17.3 Å². The minimum Gasteiger partial charge on any atom is -0.465 e. The molecule has 0 aliphatic rings. The number of aromatic nitrogens is 3. The van der Waals surface area contributed by atoms with Crippen LogP contribution in [0.2, 0.25) is 0 Å². The summed E-state index contributed by atoms with van der Waals surface area (Å²) in [6, 6.07) is 0. The zero-order valence-corrected chi connectivity index (χ0v) is 7.52. The van der Waals surface area contributed by atoms with Crippen molar-refractivity contribution in [3.63, 3.8) is 0 Å². The maximum Gasteiger partial charge on any atom is 0.350 e. The standard InChI is InChI=1S/C7H9N3O4/c1-2-14-5(11)3-10-4-8-6(12)9-7(10)13/h4H,2-3H2,1H3,(H,9,12,13). The molecule has 0 amide bonds. The van der Waals surface area contributed by atoms with Crippen molar-refractivity contribution in [2.45, 2.75) is 13.5 Å². The van der Waals surface area contributed by atoms with Gasteiger partial charge in [0.15, 0.2) is 0 Å². The molecule has 1 aromatic rings. The fourth-order valence-electron chi connectivity index (χ4n) is 0.828.